The van der Waals surface area contributed by atoms with Gasteiger partial charge in [-0.05, 0) is 58.2 Å². The van der Waals surface area contributed by atoms with Gasteiger partial charge in [0.25, 0.3) is 0 Å². The molecule has 1 saturated carbocycles. The van der Waals surface area contributed by atoms with Gasteiger partial charge < -0.3 is 20.3 Å². The summed E-state index contributed by atoms with van der Waals surface area (Å²) in [5, 5.41) is 6.96. The largest absolute Gasteiger partial charge is 0.385 e. The molecule has 28 heavy (non-hydrogen) atoms. The van der Waals surface area contributed by atoms with E-state index in [0.717, 1.165) is 38.6 Å². The Morgan fingerprint density at radius 1 is 1.21 bits per heavy atom. The number of aliphatic imine (C=N–C) groups is 1. The summed E-state index contributed by atoms with van der Waals surface area (Å²) < 4.78 is 5.30. The van der Waals surface area contributed by atoms with Crippen LogP contribution in [0, 0.1) is 12.3 Å². The lowest BCUT2D eigenvalue weighted by Gasteiger charge is -2.40. The third-order valence-corrected chi connectivity index (χ3v) is 5.72. The molecule has 0 heterocycles. The van der Waals surface area contributed by atoms with E-state index in [1.165, 1.54) is 30.4 Å². The van der Waals surface area contributed by atoms with Gasteiger partial charge in [0.05, 0.1) is 6.04 Å². The minimum Gasteiger partial charge on any atom is -0.385 e. The number of guanidine groups is 1. The normalized spacial score (nSPS) is 16.9. The number of benzene rings is 1. The lowest BCUT2D eigenvalue weighted by Crippen LogP contribution is -2.43. The zero-order valence-corrected chi connectivity index (χ0v) is 20.6. The van der Waals surface area contributed by atoms with Crippen molar-refractivity contribution in [2.75, 3.05) is 47.4 Å². The molecule has 1 unspecified atom stereocenters. The van der Waals surface area contributed by atoms with Crippen LogP contribution in [0.1, 0.15) is 49.8 Å². The molecule has 2 rings (SSSR count). The summed E-state index contributed by atoms with van der Waals surface area (Å²) in [7, 11) is 6.04. The van der Waals surface area contributed by atoms with Crippen LogP contribution in [0.5, 0.6) is 0 Å². The molecule has 1 atom stereocenters. The number of hydrogen-bond acceptors (Lipinski definition) is 3. The molecule has 1 aliphatic rings. The van der Waals surface area contributed by atoms with Crippen LogP contribution in [0.15, 0.2) is 29.3 Å². The number of likely N-dealkylation sites (N-methyl/N-ethyl adjacent to an activating group) is 1. The van der Waals surface area contributed by atoms with Gasteiger partial charge in [0, 0.05) is 33.4 Å². The minimum absolute atomic E-state index is 0. The fraction of sp³-hybridized carbons (Fsp3) is 0.682. The van der Waals surface area contributed by atoms with Crippen molar-refractivity contribution in [2.24, 2.45) is 10.4 Å². The number of ether oxygens (including phenoxy) is 1. The van der Waals surface area contributed by atoms with E-state index in [4.69, 9.17) is 9.73 Å². The SMILES string of the molecule is CCNC(=NCC1(CCOC)CCC1)NCC(c1ccc(C)cc1)N(C)C.I. The van der Waals surface area contributed by atoms with Crippen molar-refractivity contribution in [1.82, 2.24) is 15.5 Å². The Bertz CT molecular complexity index is 585. The third-order valence-electron chi connectivity index (χ3n) is 5.72. The molecule has 0 aromatic heterocycles. The van der Waals surface area contributed by atoms with Crippen LogP contribution in [0.4, 0.5) is 0 Å². The molecular formula is C22H39IN4O. The summed E-state index contributed by atoms with van der Waals surface area (Å²) in [6.45, 7) is 7.65. The number of rotatable bonds is 10. The highest BCUT2D eigenvalue weighted by molar-refractivity contribution is 14.0. The summed E-state index contributed by atoms with van der Waals surface area (Å²) >= 11 is 0. The molecule has 160 valence electrons. The van der Waals surface area contributed by atoms with Crippen molar-refractivity contribution in [3.8, 4) is 0 Å². The Morgan fingerprint density at radius 3 is 2.39 bits per heavy atom. The number of aryl methyl sites for hydroxylation is 1. The van der Waals surface area contributed by atoms with E-state index >= 15 is 0 Å². The first-order valence-electron chi connectivity index (χ1n) is 10.2. The van der Waals surface area contributed by atoms with Gasteiger partial charge in [0.15, 0.2) is 5.96 Å². The van der Waals surface area contributed by atoms with Gasteiger partial charge in [-0.25, -0.2) is 0 Å². The zero-order chi connectivity index (χ0) is 19.7. The number of halogens is 1. The first kappa shape index (κ1) is 25.2. The average molecular weight is 502 g/mol. The van der Waals surface area contributed by atoms with Crippen LogP contribution in [0.25, 0.3) is 0 Å². The second kappa shape index (κ2) is 12.6. The van der Waals surface area contributed by atoms with Gasteiger partial charge in [-0.3, -0.25) is 4.99 Å². The molecule has 1 aromatic rings. The molecule has 0 amide bonds. The molecule has 1 aliphatic carbocycles. The van der Waals surface area contributed by atoms with E-state index in [9.17, 15) is 0 Å². The second-order valence-corrected chi connectivity index (χ2v) is 8.06. The van der Waals surface area contributed by atoms with E-state index < -0.39 is 0 Å². The van der Waals surface area contributed by atoms with E-state index in [2.05, 4.69) is 67.7 Å². The summed E-state index contributed by atoms with van der Waals surface area (Å²) in [6, 6.07) is 9.11. The van der Waals surface area contributed by atoms with Crippen LogP contribution in [0.3, 0.4) is 0 Å². The Morgan fingerprint density at radius 2 is 1.89 bits per heavy atom. The fourth-order valence-corrected chi connectivity index (χ4v) is 3.65. The Kier molecular flexibility index (Phi) is 11.4. The van der Waals surface area contributed by atoms with Crippen LogP contribution in [0.2, 0.25) is 0 Å². The fourth-order valence-electron chi connectivity index (χ4n) is 3.65. The maximum atomic E-state index is 5.30. The van der Waals surface area contributed by atoms with Crippen molar-refractivity contribution in [1.29, 1.82) is 0 Å². The highest BCUT2D eigenvalue weighted by Crippen LogP contribution is 2.44. The number of hydrogen-bond donors (Lipinski definition) is 2. The molecule has 0 spiro atoms. The van der Waals surface area contributed by atoms with Gasteiger partial charge in [-0.1, -0.05) is 36.2 Å². The standard InChI is InChI=1S/C22H38N4O.HI/c1-6-23-21(25-17-22(12-7-13-22)14-15-27-5)24-16-20(26(3)4)19-10-8-18(2)9-11-19;/h8-11,20H,6-7,12-17H2,1-5H3,(H2,23,24,25);1H. The first-order valence-corrected chi connectivity index (χ1v) is 10.2. The maximum absolute atomic E-state index is 5.30. The second-order valence-electron chi connectivity index (χ2n) is 8.06. The molecule has 1 fully saturated rings. The number of nitrogens with zero attached hydrogens (tertiary/aromatic N) is 2. The minimum atomic E-state index is 0. The summed E-state index contributed by atoms with van der Waals surface area (Å²) in [4.78, 5) is 7.18. The smallest absolute Gasteiger partial charge is 0.191 e. The molecule has 5 nitrogen and oxygen atoms in total. The number of nitrogens with one attached hydrogen (secondary N) is 2. The number of methoxy groups -OCH3 is 1. The quantitative estimate of drug-likeness (QED) is 0.289. The maximum Gasteiger partial charge on any atom is 0.191 e. The van der Waals surface area contributed by atoms with Gasteiger partial charge in [-0.2, -0.15) is 0 Å². The molecule has 0 aliphatic heterocycles. The monoisotopic (exact) mass is 502 g/mol. The highest BCUT2D eigenvalue weighted by Gasteiger charge is 2.36. The zero-order valence-electron chi connectivity index (χ0n) is 18.3. The van der Waals surface area contributed by atoms with E-state index in [-0.39, 0.29) is 24.0 Å². The molecule has 0 saturated heterocycles. The average Bonchev–Trinajstić information content (AvgIpc) is 2.61. The summed E-state index contributed by atoms with van der Waals surface area (Å²) in [5.41, 5.74) is 2.96. The molecular weight excluding hydrogens is 463 g/mol. The molecule has 0 bridgehead atoms. The lowest BCUT2D eigenvalue weighted by molar-refractivity contribution is 0.0778. The van der Waals surface area contributed by atoms with Crippen LogP contribution in [-0.4, -0.2) is 58.3 Å². The van der Waals surface area contributed by atoms with Gasteiger partial charge in [0.2, 0.25) is 0 Å². The van der Waals surface area contributed by atoms with Crippen molar-refractivity contribution >= 4 is 29.9 Å². The first-order chi connectivity index (χ1) is 13.0. The Labute approximate surface area is 188 Å². The highest BCUT2D eigenvalue weighted by atomic mass is 127. The van der Waals surface area contributed by atoms with Crippen molar-refractivity contribution in [3.05, 3.63) is 35.4 Å². The molecule has 0 radical (unpaired) electrons. The van der Waals surface area contributed by atoms with E-state index in [1.807, 2.05) is 0 Å². The lowest BCUT2D eigenvalue weighted by atomic mass is 9.67. The third kappa shape index (κ3) is 7.52. The van der Waals surface area contributed by atoms with Crippen LogP contribution < -0.4 is 10.6 Å². The van der Waals surface area contributed by atoms with E-state index in [1.54, 1.807) is 7.11 Å². The van der Waals surface area contributed by atoms with Crippen molar-refractivity contribution < 1.29 is 4.74 Å². The van der Waals surface area contributed by atoms with Gasteiger partial charge in [-0.15, -0.1) is 24.0 Å². The van der Waals surface area contributed by atoms with E-state index in [0.29, 0.717) is 11.5 Å². The topological polar surface area (TPSA) is 48.9 Å². The summed E-state index contributed by atoms with van der Waals surface area (Å²) in [6.07, 6.45) is 4.96. The molecule has 2 N–H and O–H groups in total. The molecule has 1 aromatic carbocycles. The Balaban J connectivity index is 0.00000392. The van der Waals surface area contributed by atoms with Crippen molar-refractivity contribution in [2.45, 2.75) is 45.6 Å². The van der Waals surface area contributed by atoms with Gasteiger partial charge >= 0.3 is 0 Å². The summed E-state index contributed by atoms with van der Waals surface area (Å²) in [5.74, 6) is 0.917. The Hall–Kier alpha value is -0.860. The predicted molar refractivity (Wildman–Crippen MR) is 130 cm³/mol. The van der Waals surface area contributed by atoms with Crippen molar-refractivity contribution in [3.63, 3.8) is 0 Å². The van der Waals surface area contributed by atoms with Gasteiger partial charge in [0.1, 0.15) is 0 Å². The predicted octanol–water partition coefficient (Wildman–Crippen LogP) is 3.98. The molecule has 6 heteroatoms. The van der Waals surface area contributed by atoms with Crippen LogP contribution >= 0.6 is 24.0 Å². The van der Waals surface area contributed by atoms with Crippen LogP contribution in [-0.2, 0) is 4.74 Å².